The lowest BCUT2D eigenvalue weighted by molar-refractivity contribution is 0.0832. The van der Waals surface area contributed by atoms with Crippen LogP contribution in [-0.2, 0) is 11.8 Å². The summed E-state index contributed by atoms with van der Waals surface area (Å²) < 4.78 is 6.33. The van der Waals surface area contributed by atoms with Crippen molar-refractivity contribution in [2.24, 2.45) is 7.05 Å². The number of rotatable bonds is 5. The Balaban J connectivity index is 2.79. The molecule has 1 aromatic rings. The van der Waals surface area contributed by atoms with Gasteiger partial charge in [0.05, 0.1) is 24.3 Å². The van der Waals surface area contributed by atoms with Gasteiger partial charge in [0, 0.05) is 14.2 Å². The van der Waals surface area contributed by atoms with Crippen molar-refractivity contribution in [3.63, 3.8) is 0 Å². The Morgan fingerprint density at radius 1 is 1.65 bits per heavy atom. The molecule has 0 saturated heterocycles. The molecule has 96 valence electrons. The molecule has 0 aliphatic rings. The van der Waals surface area contributed by atoms with Crippen LogP contribution in [0.1, 0.15) is 10.5 Å². The summed E-state index contributed by atoms with van der Waals surface area (Å²) in [5.74, 6) is -0.364. The molecule has 1 rings (SSSR count). The average molecular weight is 281 g/mol. The minimum Gasteiger partial charge on any atom is -0.394 e. The lowest BCUT2D eigenvalue weighted by atomic mass is 10.3. The number of nitrogens with one attached hydrogen (secondary N) is 1. The van der Waals surface area contributed by atoms with Crippen molar-refractivity contribution in [2.75, 3.05) is 20.3 Å². The van der Waals surface area contributed by atoms with Crippen LogP contribution in [0.15, 0.2) is 6.07 Å². The number of aromatic nitrogens is 1. The first-order chi connectivity index (χ1) is 8.01. The van der Waals surface area contributed by atoms with E-state index in [2.05, 4.69) is 5.32 Å². The second-order valence-corrected chi connectivity index (χ2v) is 4.30. The summed E-state index contributed by atoms with van der Waals surface area (Å²) in [6.07, 6.45) is 0. The summed E-state index contributed by atoms with van der Waals surface area (Å²) in [5, 5.41) is 12.2. The third-order valence-electron chi connectivity index (χ3n) is 2.27. The van der Waals surface area contributed by atoms with Gasteiger partial charge in [-0.2, -0.15) is 0 Å². The number of carbonyl (C=O) groups is 1. The number of aliphatic hydroxyl groups excluding tert-OH is 1. The summed E-state index contributed by atoms with van der Waals surface area (Å²) >= 11 is 11.7. The zero-order chi connectivity index (χ0) is 13.0. The fourth-order valence-electron chi connectivity index (χ4n) is 1.36. The molecule has 0 bridgehead atoms. The van der Waals surface area contributed by atoms with E-state index in [4.69, 9.17) is 33.0 Å². The third kappa shape index (κ3) is 3.35. The van der Waals surface area contributed by atoms with E-state index in [0.717, 1.165) is 0 Å². The number of halogens is 2. The van der Waals surface area contributed by atoms with Crippen LogP contribution in [0.25, 0.3) is 0 Å². The second-order valence-electron chi connectivity index (χ2n) is 3.54. The molecular weight excluding hydrogens is 267 g/mol. The van der Waals surface area contributed by atoms with Crippen LogP contribution in [0.4, 0.5) is 0 Å². The van der Waals surface area contributed by atoms with Gasteiger partial charge in [-0.1, -0.05) is 23.2 Å². The van der Waals surface area contributed by atoms with Crippen molar-refractivity contribution in [1.29, 1.82) is 0 Å². The van der Waals surface area contributed by atoms with E-state index in [0.29, 0.717) is 15.9 Å². The number of carbonyl (C=O) groups excluding carboxylic acids is 1. The van der Waals surface area contributed by atoms with Crippen LogP contribution < -0.4 is 5.32 Å². The minimum absolute atomic E-state index is 0.203. The Kier molecular flexibility index (Phi) is 5.27. The molecule has 7 heteroatoms. The molecule has 0 fully saturated rings. The van der Waals surface area contributed by atoms with Crippen LogP contribution in [0.2, 0.25) is 10.2 Å². The number of hydrogen-bond acceptors (Lipinski definition) is 3. The van der Waals surface area contributed by atoms with E-state index >= 15 is 0 Å². The van der Waals surface area contributed by atoms with Crippen LogP contribution in [0.3, 0.4) is 0 Å². The molecule has 0 spiro atoms. The molecule has 1 heterocycles. The van der Waals surface area contributed by atoms with E-state index in [-0.39, 0.29) is 19.1 Å². The fraction of sp³-hybridized carbons (Fsp3) is 0.500. The van der Waals surface area contributed by atoms with Crippen LogP contribution >= 0.6 is 23.2 Å². The van der Waals surface area contributed by atoms with E-state index in [1.54, 1.807) is 7.05 Å². The first-order valence-electron chi connectivity index (χ1n) is 4.92. The molecule has 0 saturated carbocycles. The Labute approximate surface area is 109 Å². The Hall–Kier alpha value is -0.750. The maximum atomic E-state index is 11.9. The number of hydrogen-bond donors (Lipinski definition) is 2. The molecule has 0 radical (unpaired) electrons. The van der Waals surface area contributed by atoms with Crippen LogP contribution in [0.5, 0.6) is 0 Å². The largest absolute Gasteiger partial charge is 0.394 e. The predicted octanol–water partition coefficient (Wildman–Crippen LogP) is 1.07. The maximum absolute atomic E-state index is 11.9. The van der Waals surface area contributed by atoms with Crippen molar-refractivity contribution in [1.82, 2.24) is 9.88 Å². The standard InChI is InChI=1S/C10H14Cl2N2O3/c1-14-8(3-7(11)9(14)12)10(16)13-6(4-15)5-17-2/h3,6,15H,4-5H2,1-2H3,(H,13,16). The average Bonchev–Trinajstić information content (AvgIpc) is 2.56. The van der Waals surface area contributed by atoms with E-state index in [9.17, 15) is 4.79 Å². The lowest BCUT2D eigenvalue weighted by Gasteiger charge is -2.15. The van der Waals surface area contributed by atoms with Gasteiger partial charge in [-0.3, -0.25) is 4.79 Å². The minimum atomic E-state index is -0.458. The zero-order valence-electron chi connectivity index (χ0n) is 9.54. The van der Waals surface area contributed by atoms with Gasteiger partial charge in [0.1, 0.15) is 10.8 Å². The molecule has 1 amide bonds. The number of nitrogens with zero attached hydrogens (tertiary/aromatic N) is 1. The van der Waals surface area contributed by atoms with Crippen molar-refractivity contribution in [2.45, 2.75) is 6.04 Å². The highest BCUT2D eigenvalue weighted by molar-refractivity contribution is 6.41. The van der Waals surface area contributed by atoms with E-state index < -0.39 is 6.04 Å². The van der Waals surface area contributed by atoms with E-state index in [1.807, 2.05) is 0 Å². The van der Waals surface area contributed by atoms with Gasteiger partial charge in [-0.25, -0.2) is 0 Å². The number of methoxy groups -OCH3 is 1. The van der Waals surface area contributed by atoms with Crippen LogP contribution in [-0.4, -0.2) is 41.9 Å². The highest BCUT2D eigenvalue weighted by Gasteiger charge is 2.18. The highest BCUT2D eigenvalue weighted by atomic mass is 35.5. The SMILES string of the molecule is COCC(CO)NC(=O)c1cc(Cl)c(Cl)n1C. The predicted molar refractivity (Wildman–Crippen MR) is 65.6 cm³/mol. The highest BCUT2D eigenvalue weighted by Crippen LogP contribution is 2.24. The van der Waals surface area contributed by atoms with E-state index in [1.165, 1.54) is 17.7 Å². The normalized spacial score (nSPS) is 12.5. The molecule has 0 aliphatic carbocycles. The molecule has 1 unspecified atom stereocenters. The lowest BCUT2D eigenvalue weighted by Crippen LogP contribution is -2.41. The van der Waals surface area contributed by atoms with Gasteiger partial charge in [-0.15, -0.1) is 0 Å². The van der Waals surface area contributed by atoms with Gasteiger partial charge in [-0.05, 0) is 6.07 Å². The first-order valence-corrected chi connectivity index (χ1v) is 5.68. The van der Waals surface area contributed by atoms with Crippen molar-refractivity contribution >= 4 is 29.1 Å². The van der Waals surface area contributed by atoms with Crippen molar-refractivity contribution in [3.8, 4) is 0 Å². The summed E-state index contributed by atoms with van der Waals surface area (Å²) in [5.41, 5.74) is 0.328. The van der Waals surface area contributed by atoms with Gasteiger partial charge >= 0.3 is 0 Å². The zero-order valence-corrected chi connectivity index (χ0v) is 11.0. The Morgan fingerprint density at radius 3 is 2.71 bits per heavy atom. The van der Waals surface area contributed by atoms with Gasteiger partial charge < -0.3 is 19.7 Å². The Bertz CT molecular complexity index is 407. The molecule has 5 nitrogen and oxygen atoms in total. The molecule has 1 aromatic heterocycles. The fourth-order valence-corrected chi connectivity index (χ4v) is 1.74. The smallest absolute Gasteiger partial charge is 0.268 e. The number of ether oxygens (including phenoxy) is 1. The van der Waals surface area contributed by atoms with Gasteiger partial charge in [0.15, 0.2) is 0 Å². The van der Waals surface area contributed by atoms with Gasteiger partial charge in [0.2, 0.25) is 0 Å². The summed E-state index contributed by atoms with van der Waals surface area (Å²) in [6, 6.07) is 1.01. The molecule has 0 aromatic carbocycles. The van der Waals surface area contributed by atoms with Crippen molar-refractivity contribution in [3.05, 3.63) is 21.9 Å². The third-order valence-corrected chi connectivity index (χ3v) is 3.11. The van der Waals surface area contributed by atoms with Crippen LogP contribution in [0, 0.1) is 0 Å². The van der Waals surface area contributed by atoms with Crippen molar-refractivity contribution < 1.29 is 14.6 Å². The monoisotopic (exact) mass is 280 g/mol. The number of amides is 1. The molecular formula is C10H14Cl2N2O3. The topological polar surface area (TPSA) is 63.5 Å². The summed E-state index contributed by atoms with van der Waals surface area (Å²) in [6.45, 7) is 0.0274. The molecule has 0 aliphatic heterocycles. The summed E-state index contributed by atoms with van der Waals surface area (Å²) in [7, 11) is 3.12. The maximum Gasteiger partial charge on any atom is 0.268 e. The Morgan fingerprint density at radius 2 is 2.29 bits per heavy atom. The first kappa shape index (κ1) is 14.3. The van der Waals surface area contributed by atoms with Gasteiger partial charge in [0.25, 0.3) is 5.91 Å². The quantitative estimate of drug-likeness (QED) is 0.848. The number of aliphatic hydroxyl groups is 1. The summed E-state index contributed by atoms with van der Waals surface area (Å²) in [4.78, 5) is 11.9. The molecule has 2 N–H and O–H groups in total. The molecule has 1 atom stereocenters. The second kappa shape index (κ2) is 6.26. The molecule has 17 heavy (non-hydrogen) atoms.